The molecule has 11 heteroatoms. The van der Waals surface area contributed by atoms with Crippen molar-refractivity contribution < 1.29 is 33.3 Å². The summed E-state index contributed by atoms with van der Waals surface area (Å²) in [5.74, 6) is -0.340. The molecular formula is C47H58N4O7. The van der Waals surface area contributed by atoms with Crippen LogP contribution in [0.5, 0.6) is 0 Å². The maximum absolute atomic E-state index is 12.5. The lowest BCUT2D eigenvalue weighted by molar-refractivity contribution is 0.0517. The highest BCUT2D eigenvalue weighted by molar-refractivity contribution is 5.91. The van der Waals surface area contributed by atoms with Crippen molar-refractivity contribution in [3.8, 4) is 0 Å². The lowest BCUT2D eigenvalue weighted by Crippen LogP contribution is -2.41. The molecule has 0 amide bonds. The van der Waals surface area contributed by atoms with Gasteiger partial charge < -0.3 is 38.5 Å². The highest BCUT2D eigenvalue weighted by atomic mass is 16.5. The number of rotatable bonds is 13. The fourth-order valence-corrected chi connectivity index (χ4v) is 7.05. The first kappa shape index (κ1) is 43.2. The molecule has 0 atom stereocenters. The molecule has 1 heterocycles. The molecule has 4 aromatic rings. The van der Waals surface area contributed by atoms with E-state index >= 15 is 0 Å². The third-order valence-electron chi connectivity index (χ3n) is 10.1. The second kappa shape index (κ2) is 22.1. The molecule has 0 N–H and O–H groups in total. The van der Waals surface area contributed by atoms with Crippen LogP contribution in [0.1, 0.15) is 77.2 Å². The maximum atomic E-state index is 12.5. The molecule has 0 radical (unpaired) electrons. The number of ether oxygens (including phenoxy) is 4. The normalized spacial score (nSPS) is 14.3. The highest BCUT2D eigenvalue weighted by Crippen LogP contribution is 2.25. The average Bonchev–Trinajstić information content (AvgIpc) is 3.25. The Kier molecular flexibility index (Phi) is 16.4. The first-order valence-electron chi connectivity index (χ1n) is 20.5. The molecule has 5 rings (SSSR count). The Morgan fingerprint density at radius 3 is 0.879 bits per heavy atom. The maximum Gasteiger partial charge on any atom is 0.338 e. The number of anilines is 4. The van der Waals surface area contributed by atoms with E-state index in [1.165, 1.54) is 0 Å². The lowest BCUT2D eigenvalue weighted by atomic mass is 10.1. The molecule has 0 saturated carbocycles. The van der Waals surface area contributed by atoms with Crippen LogP contribution in [0.15, 0.2) is 104 Å². The molecule has 1 aliphatic rings. The topological polar surface area (TPSA) is 101 Å². The molecule has 0 bridgehead atoms. The molecule has 4 aromatic carbocycles. The minimum Gasteiger partial charge on any atom is -0.494 e. The van der Waals surface area contributed by atoms with Crippen LogP contribution in [0.2, 0.25) is 0 Å². The minimum absolute atomic E-state index is 0.319. The molecule has 0 aromatic heterocycles. The molecule has 58 heavy (non-hydrogen) atoms. The largest absolute Gasteiger partial charge is 0.494 e. The van der Waals surface area contributed by atoms with E-state index in [9.17, 15) is 14.4 Å². The molecule has 308 valence electrons. The number of esters is 3. The third-order valence-corrected chi connectivity index (χ3v) is 10.1. The molecule has 0 unspecified atom stereocenters. The van der Waals surface area contributed by atoms with Gasteiger partial charge in [-0.2, -0.15) is 0 Å². The van der Waals surface area contributed by atoms with Gasteiger partial charge in [-0.3, -0.25) is 0 Å². The number of benzene rings is 4. The van der Waals surface area contributed by atoms with E-state index in [0.717, 1.165) is 93.5 Å². The summed E-state index contributed by atoms with van der Waals surface area (Å²) in [5.41, 5.74) is 6.72. The number of hydrogen-bond donors (Lipinski definition) is 0. The summed E-state index contributed by atoms with van der Waals surface area (Å²) in [6, 6.07) is 31.4. The molecule has 1 aliphatic heterocycles. The first-order chi connectivity index (χ1) is 28.2. The van der Waals surface area contributed by atoms with Gasteiger partial charge >= 0.3 is 17.9 Å². The number of nitrogens with zero attached hydrogens (tertiary/aromatic N) is 4. The fourth-order valence-electron chi connectivity index (χ4n) is 7.05. The Morgan fingerprint density at radius 1 is 0.397 bits per heavy atom. The molecule has 11 nitrogen and oxygen atoms in total. The number of carbonyl (C=O) groups is 3. The van der Waals surface area contributed by atoms with Crippen LogP contribution < -0.4 is 19.6 Å². The molecule has 0 aliphatic carbocycles. The Bertz CT molecular complexity index is 1630. The van der Waals surface area contributed by atoms with Gasteiger partial charge in [0.15, 0.2) is 0 Å². The van der Waals surface area contributed by atoms with Crippen molar-refractivity contribution in [1.82, 2.24) is 0 Å². The SMILES string of the molecule is C=C(OCC)c1ccc(N2CCCN(c3ccc(C(=O)OCC)cc3)CCN(c3ccc(C(=O)OCC)cc3)CCCN(c3ccc(C(=O)OCC)cc3)CC2)cc1. The second-order valence-electron chi connectivity index (χ2n) is 13.9. The lowest BCUT2D eigenvalue weighted by Gasteiger charge is -2.35. The average molecular weight is 791 g/mol. The smallest absolute Gasteiger partial charge is 0.338 e. The van der Waals surface area contributed by atoms with E-state index in [1.54, 1.807) is 13.8 Å². The molecule has 1 fully saturated rings. The fraction of sp³-hybridized carbons (Fsp3) is 0.383. The zero-order valence-electron chi connectivity index (χ0n) is 34.5. The number of carbonyl (C=O) groups excluding carboxylic acids is 3. The Hall–Kier alpha value is -5.97. The van der Waals surface area contributed by atoms with Crippen LogP contribution in [0.4, 0.5) is 22.7 Å². The van der Waals surface area contributed by atoms with Crippen molar-refractivity contribution in [2.75, 3.05) is 98.4 Å². The van der Waals surface area contributed by atoms with Gasteiger partial charge in [0.05, 0.1) is 43.1 Å². The zero-order valence-corrected chi connectivity index (χ0v) is 34.5. The van der Waals surface area contributed by atoms with E-state index in [1.807, 2.05) is 86.6 Å². The minimum atomic E-state index is -0.335. The summed E-state index contributed by atoms with van der Waals surface area (Å²) in [5, 5.41) is 0. The Morgan fingerprint density at radius 2 is 0.638 bits per heavy atom. The van der Waals surface area contributed by atoms with Crippen LogP contribution in [0.3, 0.4) is 0 Å². The predicted octanol–water partition coefficient (Wildman–Crippen LogP) is 8.34. The number of hydrogen-bond acceptors (Lipinski definition) is 11. The van der Waals surface area contributed by atoms with E-state index in [-0.39, 0.29) is 17.9 Å². The van der Waals surface area contributed by atoms with Crippen molar-refractivity contribution >= 4 is 46.4 Å². The highest BCUT2D eigenvalue weighted by Gasteiger charge is 2.19. The molecule has 0 spiro atoms. The van der Waals surface area contributed by atoms with Crippen LogP contribution in [0, 0.1) is 0 Å². The van der Waals surface area contributed by atoms with Crippen LogP contribution in [-0.2, 0) is 18.9 Å². The summed E-state index contributed by atoms with van der Waals surface area (Å²) < 4.78 is 21.4. The van der Waals surface area contributed by atoms with Gasteiger partial charge in [0, 0.05) is 80.7 Å². The summed E-state index contributed by atoms with van der Waals surface area (Å²) in [4.78, 5) is 47.0. The summed E-state index contributed by atoms with van der Waals surface area (Å²) in [7, 11) is 0. The van der Waals surface area contributed by atoms with Gasteiger partial charge in [-0.05, 0) is 138 Å². The van der Waals surface area contributed by atoms with E-state index in [0.29, 0.717) is 48.9 Å². The van der Waals surface area contributed by atoms with Crippen LogP contribution in [-0.4, -0.2) is 96.7 Å². The van der Waals surface area contributed by atoms with Crippen molar-refractivity contribution in [2.45, 2.75) is 40.5 Å². The molecular weight excluding hydrogens is 733 g/mol. The standard InChI is InChI=1S/C47H58N4O7/c1-6-55-36(5)37-12-20-41(21-13-37)48-28-10-29-50(43-24-16-39(17-25-43)46(53)57-8-3)34-35-51(44-26-18-40(19-27-44)47(54)58-9-4)31-11-30-49(33-32-48)42-22-14-38(15-23-42)45(52)56-7-2/h12-27H,5-11,28-35H2,1-4H3. The van der Waals surface area contributed by atoms with Gasteiger partial charge in [0.2, 0.25) is 0 Å². The van der Waals surface area contributed by atoms with Crippen molar-refractivity contribution in [3.63, 3.8) is 0 Å². The zero-order chi connectivity index (χ0) is 41.3. The monoisotopic (exact) mass is 790 g/mol. The van der Waals surface area contributed by atoms with Gasteiger partial charge in [0.25, 0.3) is 0 Å². The predicted molar refractivity (Wildman–Crippen MR) is 232 cm³/mol. The summed E-state index contributed by atoms with van der Waals surface area (Å²) in [6.07, 6.45) is 1.72. The van der Waals surface area contributed by atoms with Crippen LogP contribution in [0.25, 0.3) is 5.76 Å². The second-order valence-corrected chi connectivity index (χ2v) is 13.9. The van der Waals surface area contributed by atoms with Gasteiger partial charge in [-0.25, -0.2) is 14.4 Å². The quantitative estimate of drug-likeness (QED) is 0.0743. The van der Waals surface area contributed by atoms with E-state index in [2.05, 4.69) is 50.4 Å². The van der Waals surface area contributed by atoms with E-state index in [4.69, 9.17) is 18.9 Å². The van der Waals surface area contributed by atoms with Crippen molar-refractivity contribution in [2.24, 2.45) is 0 Å². The summed E-state index contributed by atoms with van der Waals surface area (Å²) >= 11 is 0. The summed E-state index contributed by atoms with van der Waals surface area (Å²) in [6.45, 7) is 19.1. The van der Waals surface area contributed by atoms with Crippen molar-refractivity contribution in [3.05, 3.63) is 126 Å². The van der Waals surface area contributed by atoms with Gasteiger partial charge in [-0.1, -0.05) is 6.58 Å². The van der Waals surface area contributed by atoms with Crippen LogP contribution >= 0.6 is 0 Å². The third kappa shape index (κ3) is 12.0. The van der Waals surface area contributed by atoms with Gasteiger partial charge in [-0.15, -0.1) is 0 Å². The van der Waals surface area contributed by atoms with Crippen molar-refractivity contribution in [1.29, 1.82) is 0 Å². The Labute approximate surface area is 343 Å². The van der Waals surface area contributed by atoms with E-state index < -0.39 is 0 Å². The Balaban J connectivity index is 1.45. The van der Waals surface area contributed by atoms with Gasteiger partial charge in [0.1, 0.15) is 5.76 Å². The first-order valence-corrected chi connectivity index (χ1v) is 20.5. The molecule has 1 saturated heterocycles.